The first-order valence-electron chi connectivity index (χ1n) is 6.17. The molecule has 88 valence electrons. The number of likely N-dealkylation sites (N-methyl/N-ethyl adjacent to an activating group) is 1. The molecule has 0 saturated carbocycles. The van der Waals surface area contributed by atoms with Crippen LogP contribution in [0.1, 0.15) is 36.2 Å². The average Bonchev–Trinajstić information content (AvgIpc) is 2.77. The van der Waals surface area contributed by atoms with E-state index in [1.807, 2.05) is 6.33 Å². The Morgan fingerprint density at radius 2 is 2.38 bits per heavy atom. The smallest absolute Gasteiger partial charge is 0.0925 e. The van der Waals surface area contributed by atoms with Crippen LogP contribution in [0.25, 0.3) is 0 Å². The molecule has 0 amide bonds. The number of fused-ring (bicyclic) bond motifs is 2. The van der Waals surface area contributed by atoms with E-state index in [9.17, 15) is 0 Å². The lowest BCUT2D eigenvalue weighted by atomic mass is 9.80. The molecule has 2 atom stereocenters. The molecule has 1 aliphatic carbocycles. The molecule has 2 unspecified atom stereocenters. The van der Waals surface area contributed by atoms with Gasteiger partial charge in [0.15, 0.2) is 0 Å². The molecule has 1 aromatic heterocycles. The summed E-state index contributed by atoms with van der Waals surface area (Å²) in [5.41, 5.74) is 2.73. The van der Waals surface area contributed by atoms with Crippen LogP contribution in [0.15, 0.2) is 6.33 Å². The first kappa shape index (κ1) is 10.3. The minimum atomic E-state index is 0.599. The van der Waals surface area contributed by atoms with E-state index in [1.165, 1.54) is 37.3 Å². The predicted octanol–water partition coefficient (Wildman–Crippen LogP) is 1.21. The quantitative estimate of drug-likeness (QED) is 0.831. The molecule has 4 rings (SSSR count). The summed E-state index contributed by atoms with van der Waals surface area (Å²) in [5, 5.41) is 0. The van der Waals surface area contributed by atoms with Crippen LogP contribution >= 0.6 is 0 Å². The summed E-state index contributed by atoms with van der Waals surface area (Å²) >= 11 is 0. The number of hydrogen-bond donors (Lipinski definition) is 1. The summed E-state index contributed by atoms with van der Waals surface area (Å²) in [6, 6.07) is 0.599. The van der Waals surface area contributed by atoms with Crippen LogP contribution in [0.5, 0.6) is 0 Å². The fourth-order valence-corrected chi connectivity index (χ4v) is 3.08. The summed E-state index contributed by atoms with van der Waals surface area (Å²) in [7, 11) is 4.29. The third kappa shape index (κ3) is 1.57. The van der Waals surface area contributed by atoms with Gasteiger partial charge in [-0.15, -0.1) is 0 Å². The number of imidazole rings is 1. The summed E-state index contributed by atoms with van der Waals surface area (Å²) in [6.45, 7) is 3.52. The van der Waals surface area contributed by atoms with Crippen LogP contribution in [0.3, 0.4) is 0 Å². The molecule has 0 radical (unpaired) electrons. The molecule has 2 bridgehead atoms. The van der Waals surface area contributed by atoms with Crippen molar-refractivity contribution in [3.05, 3.63) is 17.7 Å². The molecule has 2 aliphatic heterocycles. The number of hydrogen-bond acceptors (Lipinski definition) is 3. The lowest BCUT2D eigenvalue weighted by molar-refractivity contribution is 0.0999. The minimum absolute atomic E-state index is 0.599. The highest BCUT2D eigenvalue weighted by Crippen LogP contribution is 2.44. The zero-order valence-electron chi connectivity index (χ0n) is 10.1. The molecule has 1 N–H and O–H groups in total. The third-order valence-electron chi connectivity index (χ3n) is 3.94. The number of nitrogens with zero attached hydrogens (tertiary/aromatic N) is 3. The van der Waals surface area contributed by atoms with Gasteiger partial charge in [0.1, 0.15) is 0 Å². The highest BCUT2D eigenvalue weighted by atomic mass is 15.2. The standard InChI is InChI=1S/C12H20N4/c1-15(2)5-6-16-7-9-3-4-10(16)12-11(9)13-8-14-12/h8-10H,3-7H2,1-2H3,(H,13,14). The first-order valence-corrected chi connectivity index (χ1v) is 6.17. The van der Waals surface area contributed by atoms with Crippen molar-refractivity contribution in [2.45, 2.75) is 24.8 Å². The highest BCUT2D eigenvalue weighted by molar-refractivity contribution is 5.27. The Bertz CT molecular complexity index is 371. The van der Waals surface area contributed by atoms with Gasteiger partial charge in [0.2, 0.25) is 0 Å². The van der Waals surface area contributed by atoms with Crippen LogP contribution in [-0.2, 0) is 0 Å². The minimum Gasteiger partial charge on any atom is -0.347 e. The van der Waals surface area contributed by atoms with Crippen LogP contribution < -0.4 is 0 Å². The molecule has 16 heavy (non-hydrogen) atoms. The Morgan fingerprint density at radius 3 is 3.19 bits per heavy atom. The number of piperidine rings is 1. The van der Waals surface area contributed by atoms with Gasteiger partial charge >= 0.3 is 0 Å². The van der Waals surface area contributed by atoms with Crippen molar-refractivity contribution < 1.29 is 0 Å². The SMILES string of the molecule is CN(C)CCN1CC2CCC1c1[nH]cnc12. The Balaban J connectivity index is 1.77. The second-order valence-corrected chi connectivity index (χ2v) is 5.29. The Hall–Kier alpha value is -0.870. The van der Waals surface area contributed by atoms with E-state index in [1.54, 1.807) is 0 Å². The molecule has 4 heteroatoms. The van der Waals surface area contributed by atoms with E-state index in [-0.39, 0.29) is 0 Å². The number of H-pyrrole nitrogens is 1. The zero-order valence-corrected chi connectivity index (χ0v) is 10.1. The van der Waals surface area contributed by atoms with E-state index in [0.29, 0.717) is 12.0 Å². The van der Waals surface area contributed by atoms with Crippen molar-refractivity contribution in [2.24, 2.45) is 0 Å². The molecule has 3 aliphatic rings. The topological polar surface area (TPSA) is 35.2 Å². The van der Waals surface area contributed by atoms with Gasteiger partial charge in [-0.3, -0.25) is 4.90 Å². The average molecular weight is 220 g/mol. The number of aromatic amines is 1. The summed E-state index contributed by atoms with van der Waals surface area (Å²) < 4.78 is 0. The van der Waals surface area contributed by atoms with E-state index in [4.69, 9.17) is 0 Å². The molecule has 1 fully saturated rings. The maximum absolute atomic E-state index is 4.48. The largest absolute Gasteiger partial charge is 0.347 e. The fourth-order valence-electron chi connectivity index (χ4n) is 3.08. The normalized spacial score (nSPS) is 28.7. The van der Waals surface area contributed by atoms with Crippen molar-refractivity contribution in [3.63, 3.8) is 0 Å². The van der Waals surface area contributed by atoms with Crippen molar-refractivity contribution in [1.29, 1.82) is 0 Å². The Labute approximate surface area is 96.7 Å². The molecule has 3 heterocycles. The van der Waals surface area contributed by atoms with Crippen LogP contribution in [0.2, 0.25) is 0 Å². The van der Waals surface area contributed by atoms with Crippen LogP contribution in [0.4, 0.5) is 0 Å². The number of rotatable bonds is 3. The zero-order chi connectivity index (χ0) is 11.1. The van der Waals surface area contributed by atoms with Gasteiger partial charge in [-0.25, -0.2) is 4.98 Å². The predicted molar refractivity (Wildman–Crippen MR) is 63.4 cm³/mol. The second-order valence-electron chi connectivity index (χ2n) is 5.29. The molecular weight excluding hydrogens is 200 g/mol. The second kappa shape index (κ2) is 3.86. The van der Waals surface area contributed by atoms with Gasteiger partial charge in [-0.05, 0) is 26.9 Å². The maximum Gasteiger partial charge on any atom is 0.0925 e. The molecule has 0 spiro atoms. The van der Waals surface area contributed by atoms with Gasteiger partial charge in [-0.1, -0.05) is 0 Å². The van der Waals surface area contributed by atoms with Crippen LogP contribution in [-0.4, -0.2) is 53.5 Å². The van der Waals surface area contributed by atoms with Crippen molar-refractivity contribution in [2.75, 3.05) is 33.7 Å². The summed E-state index contributed by atoms with van der Waals surface area (Å²) in [6.07, 6.45) is 4.49. The number of aromatic nitrogens is 2. The summed E-state index contributed by atoms with van der Waals surface area (Å²) in [5.74, 6) is 0.674. The lowest BCUT2D eigenvalue weighted by Gasteiger charge is -2.44. The molecule has 1 saturated heterocycles. The summed E-state index contributed by atoms with van der Waals surface area (Å²) in [4.78, 5) is 12.7. The first-order chi connectivity index (χ1) is 7.75. The fraction of sp³-hybridized carbons (Fsp3) is 0.750. The molecular formula is C12H20N4. The lowest BCUT2D eigenvalue weighted by Crippen LogP contribution is -2.45. The highest BCUT2D eigenvalue weighted by Gasteiger charge is 2.39. The monoisotopic (exact) mass is 220 g/mol. The van der Waals surface area contributed by atoms with Gasteiger partial charge < -0.3 is 9.88 Å². The maximum atomic E-state index is 4.48. The van der Waals surface area contributed by atoms with Crippen molar-refractivity contribution in [1.82, 2.24) is 19.8 Å². The Morgan fingerprint density at radius 1 is 1.50 bits per heavy atom. The van der Waals surface area contributed by atoms with Crippen molar-refractivity contribution >= 4 is 0 Å². The Kier molecular flexibility index (Phi) is 2.48. The molecule has 0 aromatic carbocycles. The van der Waals surface area contributed by atoms with Crippen LogP contribution in [0, 0.1) is 0 Å². The van der Waals surface area contributed by atoms with Crippen molar-refractivity contribution in [3.8, 4) is 0 Å². The van der Waals surface area contributed by atoms with Gasteiger partial charge in [0.05, 0.1) is 23.8 Å². The van der Waals surface area contributed by atoms with E-state index in [0.717, 1.165) is 6.54 Å². The molecule has 1 aromatic rings. The van der Waals surface area contributed by atoms with E-state index >= 15 is 0 Å². The third-order valence-corrected chi connectivity index (χ3v) is 3.94. The number of nitrogens with one attached hydrogen (secondary N) is 1. The van der Waals surface area contributed by atoms with Gasteiger partial charge in [-0.2, -0.15) is 0 Å². The molecule has 4 nitrogen and oxygen atoms in total. The van der Waals surface area contributed by atoms with Gasteiger partial charge in [0, 0.05) is 25.6 Å². The van der Waals surface area contributed by atoms with E-state index in [2.05, 4.69) is 33.9 Å². The van der Waals surface area contributed by atoms with Gasteiger partial charge in [0.25, 0.3) is 0 Å². The van der Waals surface area contributed by atoms with E-state index < -0.39 is 0 Å².